The fourth-order valence-corrected chi connectivity index (χ4v) is 3.66. The van der Waals surface area contributed by atoms with Crippen molar-refractivity contribution in [2.24, 2.45) is 0 Å². The van der Waals surface area contributed by atoms with E-state index in [4.69, 9.17) is 0 Å². The molecule has 4 rings (SSSR count). The van der Waals surface area contributed by atoms with Crippen LogP contribution in [-0.4, -0.2) is 31.6 Å². The highest BCUT2D eigenvalue weighted by Crippen LogP contribution is 2.26. The van der Waals surface area contributed by atoms with Gasteiger partial charge in [0.15, 0.2) is 20.8 Å². The zero-order valence-electron chi connectivity index (χ0n) is 16.3. The first kappa shape index (κ1) is 19.7. The number of anilines is 1. The van der Waals surface area contributed by atoms with Crippen molar-refractivity contribution in [3.8, 4) is 11.3 Å². The smallest absolute Gasteiger partial charge is 0.194 e. The van der Waals surface area contributed by atoms with Crippen LogP contribution in [0.1, 0.15) is 25.5 Å². The van der Waals surface area contributed by atoms with E-state index in [9.17, 15) is 4.39 Å². The zero-order chi connectivity index (χ0) is 20.5. The maximum atomic E-state index is 13.4. The van der Waals surface area contributed by atoms with Gasteiger partial charge in [-0.1, -0.05) is 18.2 Å². The van der Waals surface area contributed by atoms with Crippen molar-refractivity contribution in [2.75, 3.05) is 11.9 Å². The minimum atomic E-state index is -0.267. The molecule has 6 nitrogen and oxygen atoms in total. The Morgan fingerprint density at radius 2 is 1.97 bits per heavy atom. The van der Waals surface area contributed by atoms with Crippen LogP contribution < -0.4 is 4.90 Å². The highest BCUT2D eigenvalue weighted by Gasteiger charge is 2.17. The van der Waals surface area contributed by atoms with Crippen LogP contribution in [0.2, 0.25) is 0 Å². The molecular weight excluding hydrogens is 482 g/mol. The molecule has 0 aliphatic heterocycles. The fraction of sp³-hybridized carbons (Fsp3) is 0.238. The lowest BCUT2D eigenvalue weighted by Crippen LogP contribution is -2.19. The summed E-state index contributed by atoms with van der Waals surface area (Å²) < 4.78 is 16.2. The van der Waals surface area contributed by atoms with Gasteiger partial charge < -0.3 is 9.47 Å². The number of hydrogen-bond donors (Lipinski definition) is 0. The molecule has 0 aliphatic rings. The van der Waals surface area contributed by atoms with Gasteiger partial charge in [0.1, 0.15) is 5.82 Å². The van der Waals surface area contributed by atoms with Crippen molar-refractivity contribution >= 4 is 39.6 Å². The first-order chi connectivity index (χ1) is 13.9. The molecule has 29 heavy (non-hydrogen) atoms. The van der Waals surface area contributed by atoms with Gasteiger partial charge in [-0.25, -0.2) is 19.3 Å². The van der Waals surface area contributed by atoms with Crippen LogP contribution in [0, 0.1) is 9.65 Å². The third-order valence-electron chi connectivity index (χ3n) is 4.66. The molecule has 0 radical (unpaired) electrons. The summed E-state index contributed by atoms with van der Waals surface area (Å²) in [6.07, 6.45) is 3.62. The maximum absolute atomic E-state index is 13.4. The molecule has 0 amide bonds. The van der Waals surface area contributed by atoms with Gasteiger partial charge >= 0.3 is 0 Å². The van der Waals surface area contributed by atoms with Crippen molar-refractivity contribution in [1.29, 1.82) is 0 Å². The molecule has 1 aromatic carbocycles. The Morgan fingerprint density at radius 3 is 2.66 bits per heavy atom. The molecule has 0 fully saturated rings. The lowest BCUT2D eigenvalue weighted by atomic mass is 10.1. The van der Waals surface area contributed by atoms with Gasteiger partial charge in [0.2, 0.25) is 0 Å². The van der Waals surface area contributed by atoms with Gasteiger partial charge in [-0.05, 0) is 37.6 Å². The minimum absolute atomic E-state index is 0.267. The topological polar surface area (TPSA) is 59.7 Å². The van der Waals surface area contributed by atoms with Crippen LogP contribution in [0.4, 0.5) is 10.2 Å². The van der Waals surface area contributed by atoms with Crippen LogP contribution in [0.3, 0.4) is 0 Å². The van der Waals surface area contributed by atoms with Crippen molar-refractivity contribution in [3.05, 3.63) is 64.1 Å². The first-order valence-corrected chi connectivity index (χ1v) is 10.3. The van der Waals surface area contributed by atoms with Gasteiger partial charge in [-0.15, -0.1) is 0 Å². The number of rotatable bonds is 5. The van der Waals surface area contributed by atoms with Crippen LogP contribution >= 0.6 is 22.6 Å². The second-order valence-corrected chi connectivity index (χ2v) is 8.12. The number of benzene rings is 1. The SMILES string of the molecule is CC(C)n1cnc2c(N(C)Cc3ccc(-c4cccc(F)c4)nc3)nc(I)nc21. The van der Waals surface area contributed by atoms with E-state index in [1.165, 1.54) is 12.1 Å². The summed E-state index contributed by atoms with van der Waals surface area (Å²) in [4.78, 5) is 20.3. The summed E-state index contributed by atoms with van der Waals surface area (Å²) in [7, 11) is 1.98. The zero-order valence-corrected chi connectivity index (χ0v) is 18.5. The van der Waals surface area contributed by atoms with Crippen LogP contribution in [0.15, 0.2) is 48.9 Å². The Balaban J connectivity index is 1.60. The van der Waals surface area contributed by atoms with E-state index in [0.717, 1.165) is 33.8 Å². The maximum Gasteiger partial charge on any atom is 0.194 e. The van der Waals surface area contributed by atoms with E-state index >= 15 is 0 Å². The predicted molar refractivity (Wildman–Crippen MR) is 120 cm³/mol. The van der Waals surface area contributed by atoms with E-state index in [1.807, 2.05) is 47.2 Å². The number of hydrogen-bond acceptors (Lipinski definition) is 5. The van der Waals surface area contributed by atoms with Gasteiger partial charge in [0.05, 0.1) is 12.0 Å². The summed E-state index contributed by atoms with van der Waals surface area (Å²) in [6, 6.07) is 10.6. The molecule has 0 bridgehead atoms. The van der Waals surface area contributed by atoms with Crippen LogP contribution in [-0.2, 0) is 6.54 Å². The van der Waals surface area contributed by atoms with Crippen molar-refractivity contribution in [2.45, 2.75) is 26.4 Å². The van der Waals surface area contributed by atoms with E-state index in [1.54, 1.807) is 6.07 Å². The molecule has 0 unspecified atom stereocenters. The Morgan fingerprint density at radius 1 is 1.14 bits per heavy atom. The van der Waals surface area contributed by atoms with E-state index < -0.39 is 0 Å². The van der Waals surface area contributed by atoms with Gasteiger partial charge in [0, 0.05) is 54.0 Å². The number of aromatic nitrogens is 5. The Hall–Kier alpha value is -2.62. The van der Waals surface area contributed by atoms with Gasteiger partial charge in [-0.2, -0.15) is 0 Å². The standard InChI is InChI=1S/C21H20FIN6/c1-13(2)29-12-25-18-19(26-21(23)27-20(18)29)28(3)11-14-7-8-17(24-10-14)15-5-4-6-16(22)9-15/h4-10,12-13H,11H2,1-3H3. The molecule has 8 heteroatoms. The number of fused-ring (bicyclic) bond motifs is 1. The summed E-state index contributed by atoms with van der Waals surface area (Å²) >= 11 is 2.14. The molecule has 4 aromatic rings. The average molecular weight is 502 g/mol. The first-order valence-electron chi connectivity index (χ1n) is 9.24. The van der Waals surface area contributed by atoms with Crippen LogP contribution in [0.25, 0.3) is 22.4 Å². The molecule has 0 atom stereocenters. The lowest BCUT2D eigenvalue weighted by Gasteiger charge is -2.19. The third kappa shape index (κ3) is 4.07. The van der Waals surface area contributed by atoms with E-state index in [2.05, 4.69) is 56.4 Å². The number of halogens is 2. The molecule has 148 valence electrons. The molecule has 3 aromatic heterocycles. The molecule has 0 spiro atoms. The van der Waals surface area contributed by atoms with E-state index in [-0.39, 0.29) is 11.9 Å². The Bertz CT molecular complexity index is 1160. The summed E-state index contributed by atoms with van der Waals surface area (Å²) in [5.41, 5.74) is 4.14. The monoisotopic (exact) mass is 502 g/mol. The Labute approximate surface area is 182 Å². The summed E-state index contributed by atoms with van der Waals surface area (Å²) in [6.45, 7) is 4.82. The van der Waals surface area contributed by atoms with Crippen LogP contribution in [0.5, 0.6) is 0 Å². The lowest BCUT2D eigenvalue weighted by molar-refractivity contribution is 0.612. The molecule has 0 saturated heterocycles. The molecular formula is C21H20FIN6. The number of pyridine rings is 1. The quantitative estimate of drug-likeness (QED) is 0.289. The molecule has 0 aliphatic carbocycles. The molecule has 0 N–H and O–H groups in total. The van der Waals surface area contributed by atoms with Gasteiger partial charge in [-0.3, -0.25) is 4.98 Å². The second kappa shape index (κ2) is 8.02. The Kier molecular flexibility index (Phi) is 5.44. The largest absolute Gasteiger partial charge is 0.353 e. The normalized spacial score (nSPS) is 11.4. The third-order valence-corrected chi connectivity index (χ3v) is 5.14. The minimum Gasteiger partial charge on any atom is -0.353 e. The molecule has 0 saturated carbocycles. The van der Waals surface area contributed by atoms with Gasteiger partial charge in [0.25, 0.3) is 0 Å². The van der Waals surface area contributed by atoms with Crippen molar-refractivity contribution in [1.82, 2.24) is 24.5 Å². The van der Waals surface area contributed by atoms with Crippen molar-refractivity contribution in [3.63, 3.8) is 0 Å². The molecule has 3 heterocycles. The number of imidazole rings is 1. The summed E-state index contributed by atoms with van der Waals surface area (Å²) in [5.74, 6) is 0.518. The highest BCUT2D eigenvalue weighted by atomic mass is 127. The fourth-order valence-electron chi connectivity index (χ4n) is 3.21. The number of nitrogens with zero attached hydrogens (tertiary/aromatic N) is 6. The highest BCUT2D eigenvalue weighted by molar-refractivity contribution is 14.1. The predicted octanol–water partition coefficient (Wildman–Crippen LogP) is 4.85. The van der Waals surface area contributed by atoms with E-state index in [0.29, 0.717) is 10.4 Å². The average Bonchev–Trinajstić information content (AvgIpc) is 3.12. The summed E-state index contributed by atoms with van der Waals surface area (Å²) in [5, 5.41) is 0. The van der Waals surface area contributed by atoms with Crippen molar-refractivity contribution < 1.29 is 4.39 Å². The second-order valence-electron chi connectivity index (χ2n) is 7.15.